The number of carbonyl (C=O) groups excluding carboxylic acids is 2. The number of hydrogen-bond acceptors (Lipinski definition) is 2. The summed E-state index contributed by atoms with van der Waals surface area (Å²) in [7, 11) is 1.71. The zero-order chi connectivity index (χ0) is 6.85. The predicted molar refractivity (Wildman–Crippen MR) is 31.8 cm³/mol. The quantitative estimate of drug-likeness (QED) is 0.452. The molecular weight excluding hydrogens is 118 g/mol. The lowest BCUT2D eigenvalue weighted by Crippen LogP contribution is -2.19. The van der Waals surface area contributed by atoms with Crippen LogP contribution in [0.25, 0.3) is 0 Å². The SMILES string of the molecule is CN1CC(C=O)CC1=O. The van der Waals surface area contributed by atoms with Gasteiger partial charge in [-0.25, -0.2) is 0 Å². The van der Waals surface area contributed by atoms with Gasteiger partial charge in [0, 0.05) is 25.9 Å². The second-order valence-corrected chi connectivity index (χ2v) is 2.37. The van der Waals surface area contributed by atoms with Crippen LogP contribution in [0, 0.1) is 5.92 Å². The number of aldehydes is 1. The van der Waals surface area contributed by atoms with Crippen LogP contribution in [0.4, 0.5) is 0 Å². The number of hydrogen-bond donors (Lipinski definition) is 0. The molecule has 1 heterocycles. The molecule has 50 valence electrons. The average Bonchev–Trinajstić information content (AvgIpc) is 2.13. The first kappa shape index (κ1) is 6.26. The van der Waals surface area contributed by atoms with Gasteiger partial charge < -0.3 is 9.69 Å². The molecule has 1 saturated heterocycles. The molecule has 0 spiro atoms. The highest BCUT2D eigenvalue weighted by Gasteiger charge is 2.25. The van der Waals surface area contributed by atoms with Crippen LogP contribution in [0.5, 0.6) is 0 Å². The first-order valence-electron chi connectivity index (χ1n) is 2.93. The highest BCUT2D eigenvalue weighted by Crippen LogP contribution is 2.12. The van der Waals surface area contributed by atoms with Crippen molar-refractivity contribution in [2.24, 2.45) is 5.92 Å². The van der Waals surface area contributed by atoms with Gasteiger partial charge in [0.05, 0.1) is 0 Å². The summed E-state index contributed by atoms with van der Waals surface area (Å²) in [4.78, 5) is 22.4. The van der Waals surface area contributed by atoms with E-state index >= 15 is 0 Å². The van der Waals surface area contributed by atoms with Crippen molar-refractivity contribution in [3.63, 3.8) is 0 Å². The Morgan fingerprint density at radius 1 is 1.78 bits per heavy atom. The number of rotatable bonds is 1. The van der Waals surface area contributed by atoms with Gasteiger partial charge in [0.15, 0.2) is 0 Å². The van der Waals surface area contributed by atoms with Crippen molar-refractivity contribution in [2.75, 3.05) is 13.6 Å². The molecular formula is C6H9NO2. The largest absolute Gasteiger partial charge is 0.345 e. The van der Waals surface area contributed by atoms with E-state index in [1.54, 1.807) is 11.9 Å². The van der Waals surface area contributed by atoms with E-state index in [0.717, 1.165) is 6.29 Å². The fourth-order valence-electron chi connectivity index (χ4n) is 0.989. The van der Waals surface area contributed by atoms with Gasteiger partial charge in [-0.15, -0.1) is 0 Å². The molecule has 1 fully saturated rings. The molecule has 3 heteroatoms. The van der Waals surface area contributed by atoms with Crippen LogP contribution >= 0.6 is 0 Å². The van der Waals surface area contributed by atoms with Crippen LogP contribution in [0.3, 0.4) is 0 Å². The van der Waals surface area contributed by atoms with E-state index in [1.165, 1.54) is 0 Å². The van der Waals surface area contributed by atoms with Crippen molar-refractivity contribution >= 4 is 12.2 Å². The highest BCUT2D eigenvalue weighted by molar-refractivity contribution is 5.82. The van der Waals surface area contributed by atoms with Gasteiger partial charge in [0.25, 0.3) is 0 Å². The monoisotopic (exact) mass is 127 g/mol. The number of nitrogens with zero attached hydrogens (tertiary/aromatic N) is 1. The van der Waals surface area contributed by atoms with Crippen LogP contribution in [-0.4, -0.2) is 30.7 Å². The summed E-state index contributed by atoms with van der Waals surface area (Å²) >= 11 is 0. The van der Waals surface area contributed by atoms with Crippen LogP contribution in [-0.2, 0) is 9.59 Å². The Balaban J connectivity index is 2.53. The lowest BCUT2D eigenvalue weighted by molar-refractivity contribution is -0.126. The van der Waals surface area contributed by atoms with Crippen molar-refractivity contribution in [3.05, 3.63) is 0 Å². The maximum atomic E-state index is 10.7. The van der Waals surface area contributed by atoms with E-state index in [9.17, 15) is 9.59 Å². The van der Waals surface area contributed by atoms with Crippen molar-refractivity contribution in [3.8, 4) is 0 Å². The zero-order valence-electron chi connectivity index (χ0n) is 5.33. The van der Waals surface area contributed by atoms with Gasteiger partial charge in [0.2, 0.25) is 5.91 Å². The van der Waals surface area contributed by atoms with Gasteiger partial charge >= 0.3 is 0 Å². The minimum Gasteiger partial charge on any atom is -0.345 e. The summed E-state index contributed by atoms with van der Waals surface area (Å²) in [5.74, 6) is 0.0228. The summed E-state index contributed by atoms with van der Waals surface area (Å²) in [5, 5.41) is 0. The minimum atomic E-state index is -0.0532. The molecule has 0 N–H and O–H groups in total. The molecule has 1 atom stereocenters. The normalized spacial score (nSPS) is 27.0. The fraction of sp³-hybridized carbons (Fsp3) is 0.667. The molecule has 0 bridgehead atoms. The topological polar surface area (TPSA) is 37.4 Å². The second kappa shape index (κ2) is 2.17. The molecule has 0 aromatic rings. The van der Waals surface area contributed by atoms with Crippen LogP contribution < -0.4 is 0 Å². The molecule has 1 amide bonds. The standard InChI is InChI=1S/C6H9NO2/c1-7-3-5(4-8)2-6(7)9/h4-5H,2-3H2,1H3. The lowest BCUT2D eigenvalue weighted by Gasteiger charge is -2.04. The Labute approximate surface area is 53.6 Å². The fourth-order valence-corrected chi connectivity index (χ4v) is 0.989. The molecule has 3 nitrogen and oxygen atoms in total. The van der Waals surface area contributed by atoms with E-state index in [-0.39, 0.29) is 11.8 Å². The van der Waals surface area contributed by atoms with Gasteiger partial charge in [0.1, 0.15) is 6.29 Å². The Bertz CT molecular complexity index is 144. The molecule has 9 heavy (non-hydrogen) atoms. The first-order valence-corrected chi connectivity index (χ1v) is 2.93. The first-order chi connectivity index (χ1) is 4.24. The average molecular weight is 127 g/mol. The van der Waals surface area contributed by atoms with Crippen LogP contribution in [0.2, 0.25) is 0 Å². The van der Waals surface area contributed by atoms with Crippen molar-refractivity contribution in [1.82, 2.24) is 4.90 Å². The molecule has 0 aliphatic carbocycles. The van der Waals surface area contributed by atoms with E-state index in [4.69, 9.17) is 0 Å². The molecule has 0 saturated carbocycles. The Kier molecular flexibility index (Phi) is 1.51. The zero-order valence-corrected chi connectivity index (χ0v) is 5.33. The number of carbonyl (C=O) groups is 2. The summed E-state index contributed by atoms with van der Waals surface area (Å²) in [6.45, 7) is 0.600. The molecule has 1 aliphatic heterocycles. The summed E-state index contributed by atoms with van der Waals surface area (Å²) in [6.07, 6.45) is 1.25. The number of likely N-dealkylation sites (tertiary alicyclic amines) is 1. The molecule has 0 radical (unpaired) electrons. The minimum absolute atomic E-state index is 0.0532. The van der Waals surface area contributed by atoms with Crippen molar-refractivity contribution in [1.29, 1.82) is 0 Å². The smallest absolute Gasteiger partial charge is 0.223 e. The van der Waals surface area contributed by atoms with Gasteiger partial charge in [-0.1, -0.05) is 0 Å². The van der Waals surface area contributed by atoms with E-state index in [1.807, 2.05) is 0 Å². The molecule has 1 unspecified atom stereocenters. The number of amides is 1. The van der Waals surface area contributed by atoms with E-state index in [0.29, 0.717) is 13.0 Å². The molecule has 1 rings (SSSR count). The van der Waals surface area contributed by atoms with Gasteiger partial charge in [-0.3, -0.25) is 4.79 Å². The Morgan fingerprint density at radius 3 is 2.67 bits per heavy atom. The van der Waals surface area contributed by atoms with Gasteiger partial charge in [-0.05, 0) is 0 Å². The summed E-state index contributed by atoms with van der Waals surface area (Å²) in [5.41, 5.74) is 0. The molecule has 0 aromatic carbocycles. The van der Waals surface area contributed by atoms with Crippen molar-refractivity contribution < 1.29 is 9.59 Å². The second-order valence-electron chi connectivity index (χ2n) is 2.37. The lowest BCUT2D eigenvalue weighted by atomic mass is 10.1. The third-order valence-corrected chi connectivity index (χ3v) is 1.56. The summed E-state index contributed by atoms with van der Waals surface area (Å²) in [6, 6.07) is 0. The Morgan fingerprint density at radius 2 is 2.44 bits per heavy atom. The maximum Gasteiger partial charge on any atom is 0.223 e. The highest BCUT2D eigenvalue weighted by atomic mass is 16.2. The van der Waals surface area contributed by atoms with E-state index in [2.05, 4.69) is 0 Å². The Hall–Kier alpha value is -0.860. The predicted octanol–water partition coefficient (Wildman–Crippen LogP) is -0.336. The van der Waals surface area contributed by atoms with Crippen molar-refractivity contribution in [2.45, 2.75) is 6.42 Å². The van der Waals surface area contributed by atoms with E-state index < -0.39 is 0 Å². The summed E-state index contributed by atoms with van der Waals surface area (Å²) < 4.78 is 0. The van der Waals surface area contributed by atoms with Crippen LogP contribution in [0.15, 0.2) is 0 Å². The third kappa shape index (κ3) is 1.09. The maximum absolute atomic E-state index is 10.7. The van der Waals surface area contributed by atoms with Crippen LogP contribution in [0.1, 0.15) is 6.42 Å². The molecule has 0 aromatic heterocycles. The molecule has 1 aliphatic rings. The third-order valence-electron chi connectivity index (χ3n) is 1.56. The van der Waals surface area contributed by atoms with Gasteiger partial charge in [-0.2, -0.15) is 0 Å².